The number of nitrogens with one attached hydrogen (secondary N) is 2. The average Bonchev–Trinajstić information content (AvgIpc) is 2.61. The lowest BCUT2D eigenvalue weighted by Crippen LogP contribution is -2.34. The molecule has 2 aromatic carbocycles. The summed E-state index contributed by atoms with van der Waals surface area (Å²) in [5.41, 5.74) is 0.238. The van der Waals surface area contributed by atoms with Crippen LogP contribution >= 0.6 is 0 Å². The Morgan fingerprint density at radius 3 is 2.58 bits per heavy atom. The second-order valence-corrected chi connectivity index (χ2v) is 7.14. The van der Waals surface area contributed by atoms with E-state index < -0.39 is 26.7 Å². The number of sulfonamides is 1. The molecule has 0 radical (unpaired) electrons. The van der Waals surface area contributed by atoms with Crippen LogP contribution in [0.15, 0.2) is 47.4 Å². The lowest BCUT2D eigenvalue weighted by Gasteiger charge is -2.08. The first-order valence-corrected chi connectivity index (χ1v) is 8.97. The summed E-state index contributed by atoms with van der Waals surface area (Å²) in [5, 5.41) is 13.2. The molecule has 1 amide bonds. The highest BCUT2D eigenvalue weighted by Gasteiger charge is 2.17. The van der Waals surface area contributed by atoms with Crippen LogP contribution in [-0.2, 0) is 10.0 Å². The topological polar surface area (TPSA) is 118 Å². The van der Waals surface area contributed by atoms with Crippen molar-refractivity contribution < 1.29 is 22.5 Å². The van der Waals surface area contributed by atoms with Crippen LogP contribution in [0.1, 0.15) is 15.9 Å². The molecule has 2 N–H and O–H groups in total. The molecule has 138 valence electrons. The Morgan fingerprint density at radius 2 is 1.92 bits per heavy atom. The maximum Gasteiger partial charge on any atom is 0.270 e. The summed E-state index contributed by atoms with van der Waals surface area (Å²) in [6.45, 7) is 1.40. The molecule has 0 saturated carbocycles. The molecule has 0 heterocycles. The van der Waals surface area contributed by atoms with E-state index in [0.717, 1.165) is 6.07 Å². The summed E-state index contributed by atoms with van der Waals surface area (Å²) in [6.07, 6.45) is 0. The van der Waals surface area contributed by atoms with Gasteiger partial charge in [-0.1, -0.05) is 6.07 Å². The van der Waals surface area contributed by atoms with Gasteiger partial charge in [0.1, 0.15) is 5.82 Å². The molecule has 0 aliphatic heterocycles. The highest BCUT2D eigenvalue weighted by atomic mass is 32.2. The zero-order valence-corrected chi connectivity index (χ0v) is 14.5. The summed E-state index contributed by atoms with van der Waals surface area (Å²) < 4.78 is 39.7. The number of nitro benzene ring substituents is 1. The van der Waals surface area contributed by atoms with Crippen LogP contribution in [0.5, 0.6) is 0 Å². The number of rotatable bonds is 7. The third-order valence-corrected chi connectivity index (χ3v) is 4.92. The highest BCUT2D eigenvalue weighted by molar-refractivity contribution is 7.89. The SMILES string of the molecule is Cc1cc(C(=O)NCCNS(=O)(=O)c2cccc([N+](=O)[O-])c2)ccc1F. The third kappa shape index (κ3) is 4.83. The van der Waals surface area contributed by atoms with Crippen LogP contribution in [0.4, 0.5) is 10.1 Å². The molecular formula is C16H16FN3O5S. The number of nitro groups is 1. The Labute approximate surface area is 149 Å². The molecule has 0 aromatic heterocycles. The standard InChI is InChI=1S/C16H16FN3O5S/c1-11-9-12(5-6-15(11)17)16(21)18-7-8-19-26(24,25)14-4-2-3-13(10-14)20(22)23/h2-6,9-10,19H,7-8H2,1H3,(H,18,21). The molecule has 8 nitrogen and oxygen atoms in total. The van der Waals surface area contributed by atoms with Crippen molar-refractivity contribution in [3.63, 3.8) is 0 Å². The first-order valence-electron chi connectivity index (χ1n) is 7.49. The zero-order chi connectivity index (χ0) is 19.3. The Balaban J connectivity index is 1.92. The predicted octanol–water partition coefficient (Wildman–Crippen LogP) is 1.75. The van der Waals surface area contributed by atoms with E-state index in [-0.39, 0.29) is 29.2 Å². The minimum absolute atomic E-state index is 0.0105. The maximum atomic E-state index is 13.2. The van der Waals surface area contributed by atoms with Gasteiger partial charge in [-0.2, -0.15) is 0 Å². The molecule has 0 saturated heterocycles. The van der Waals surface area contributed by atoms with E-state index in [0.29, 0.717) is 5.56 Å². The van der Waals surface area contributed by atoms with Gasteiger partial charge in [0, 0.05) is 30.8 Å². The van der Waals surface area contributed by atoms with Crippen molar-refractivity contribution in [3.8, 4) is 0 Å². The van der Waals surface area contributed by atoms with Gasteiger partial charge in [-0.05, 0) is 36.8 Å². The van der Waals surface area contributed by atoms with E-state index in [1.807, 2.05) is 0 Å². The van der Waals surface area contributed by atoms with E-state index in [1.165, 1.54) is 43.3 Å². The summed E-state index contributed by atoms with van der Waals surface area (Å²) in [7, 11) is -3.95. The van der Waals surface area contributed by atoms with Crippen LogP contribution in [0.2, 0.25) is 0 Å². The van der Waals surface area contributed by atoms with Crippen molar-refractivity contribution in [2.75, 3.05) is 13.1 Å². The third-order valence-electron chi connectivity index (χ3n) is 3.46. The quantitative estimate of drug-likeness (QED) is 0.430. The number of hydrogen-bond donors (Lipinski definition) is 2. The second kappa shape index (κ2) is 8.02. The van der Waals surface area contributed by atoms with E-state index in [2.05, 4.69) is 10.0 Å². The maximum absolute atomic E-state index is 13.2. The Morgan fingerprint density at radius 1 is 1.19 bits per heavy atom. The number of carbonyl (C=O) groups excluding carboxylic acids is 1. The smallest absolute Gasteiger partial charge is 0.270 e. The van der Waals surface area contributed by atoms with Gasteiger partial charge in [-0.3, -0.25) is 14.9 Å². The van der Waals surface area contributed by atoms with Crippen molar-refractivity contribution in [2.45, 2.75) is 11.8 Å². The lowest BCUT2D eigenvalue weighted by atomic mass is 10.1. The normalized spacial score (nSPS) is 11.2. The van der Waals surface area contributed by atoms with Crippen molar-refractivity contribution in [1.82, 2.24) is 10.0 Å². The number of aryl methyl sites for hydroxylation is 1. The molecular weight excluding hydrogens is 365 g/mol. The second-order valence-electron chi connectivity index (χ2n) is 5.37. The van der Waals surface area contributed by atoms with Crippen LogP contribution in [0, 0.1) is 22.9 Å². The number of amides is 1. The monoisotopic (exact) mass is 381 g/mol. The summed E-state index contributed by atoms with van der Waals surface area (Å²) in [4.78, 5) is 21.7. The van der Waals surface area contributed by atoms with Crippen molar-refractivity contribution in [2.24, 2.45) is 0 Å². The van der Waals surface area contributed by atoms with Gasteiger partial charge in [0.05, 0.1) is 9.82 Å². The molecule has 0 spiro atoms. The van der Waals surface area contributed by atoms with Crippen molar-refractivity contribution in [3.05, 3.63) is 69.5 Å². The van der Waals surface area contributed by atoms with Gasteiger partial charge in [0.25, 0.3) is 11.6 Å². The molecule has 0 bridgehead atoms. The van der Waals surface area contributed by atoms with E-state index in [1.54, 1.807) is 0 Å². The first kappa shape index (κ1) is 19.5. The molecule has 0 aliphatic carbocycles. The van der Waals surface area contributed by atoms with Crippen LogP contribution in [0.25, 0.3) is 0 Å². The number of non-ortho nitro benzene ring substituents is 1. The number of carbonyl (C=O) groups is 1. The van der Waals surface area contributed by atoms with Crippen molar-refractivity contribution >= 4 is 21.6 Å². The molecule has 0 fully saturated rings. The van der Waals surface area contributed by atoms with Gasteiger partial charge >= 0.3 is 0 Å². The number of nitrogens with zero attached hydrogens (tertiary/aromatic N) is 1. The predicted molar refractivity (Wildman–Crippen MR) is 91.8 cm³/mol. The molecule has 26 heavy (non-hydrogen) atoms. The molecule has 2 aromatic rings. The van der Waals surface area contributed by atoms with Gasteiger partial charge in [0.15, 0.2) is 0 Å². The van der Waals surface area contributed by atoms with E-state index >= 15 is 0 Å². The Hall–Kier alpha value is -2.85. The van der Waals surface area contributed by atoms with E-state index in [9.17, 15) is 27.7 Å². The van der Waals surface area contributed by atoms with Gasteiger partial charge in [0.2, 0.25) is 10.0 Å². The molecule has 0 unspecified atom stereocenters. The van der Waals surface area contributed by atoms with Gasteiger partial charge in [-0.25, -0.2) is 17.5 Å². The van der Waals surface area contributed by atoms with Crippen LogP contribution in [0.3, 0.4) is 0 Å². The Kier molecular flexibility index (Phi) is 6.01. The number of hydrogen-bond acceptors (Lipinski definition) is 5. The number of halogens is 1. The average molecular weight is 381 g/mol. The highest BCUT2D eigenvalue weighted by Crippen LogP contribution is 2.16. The minimum Gasteiger partial charge on any atom is -0.351 e. The van der Waals surface area contributed by atoms with Crippen LogP contribution in [-0.4, -0.2) is 32.3 Å². The fourth-order valence-electron chi connectivity index (χ4n) is 2.10. The fourth-order valence-corrected chi connectivity index (χ4v) is 3.17. The van der Waals surface area contributed by atoms with Gasteiger partial charge in [-0.15, -0.1) is 0 Å². The summed E-state index contributed by atoms with van der Waals surface area (Å²) >= 11 is 0. The summed E-state index contributed by atoms with van der Waals surface area (Å²) in [6, 6.07) is 8.52. The van der Waals surface area contributed by atoms with E-state index in [4.69, 9.17) is 0 Å². The van der Waals surface area contributed by atoms with Gasteiger partial charge < -0.3 is 5.32 Å². The minimum atomic E-state index is -3.95. The fraction of sp³-hybridized carbons (Fsp3) is 0.188. The molecule has 0 aliphatic rings. The zero-order valence-electron chi connectivity index (χ0n) is 13.7. The summed E-state index contributed by atoms with van der Waals surface area (Å²) in [5.74, 6) is -0.895. The Bertz CT molecular complexity index is 947. The molecule has 2 rings (SSSR count). The van der Waals surface area contributed by atoms with Crippen molar-refractivity contribution in [1.29, 1.82) is 0 Å². The largest absolute Gasteiger partial charge is 0.351 e. The lowest BCUT2D eigenvalue weighted by molar-refractivity contribution is -0.385. The first-order chi connectivity index (χ1) is 12.2. The molecule has 10 heteroatoms. The van der Waals surface area contributed by atoms with Crippen LogP contribution < -0.4 is 10.0 Å². The molecule has 0 atom stereocenters. The number of benzene rings is 2.